The quantitative estimate of drug-likeness (QED) is 0.788. The number of sulfonamides is 1. The van der Waals surface area contributed by atoms with E-state index in [2.05, 4.69) is 23.5 Å². The van der Waals surface area contributed by atoms with E-state index in [9.17, 15) is 13.2 Å². The van der Waals surface area contributed by atoms with Gasteiger partial charge in [-0.15, -0.1) is 0 Å². The molecule has 2 aliphatic rings. The van der Waals surface area contributed by atoms with Gasteiger partial charge in [-0.25, -0.2) is 12.7 Å². The van der Waals surface area contributed by atoms with Gasteiger partial charge in [0.15, 0.2) is 0 Å². The summed E-state index contributed by atoms with van der Waals surface area (Å²) in [6, 6.07) is 13.3. The second-order valence-corrected chi connectivity index (χ2v) is 10.1. The molecule has 1 saturated heterocycles. The summed E-state index contributed by atoms with van der Waals surface area (Å²) in [6.07, 6.45) is 5.34. The van der Waals surface area contributed by atoms with Crippen molar-refractivity contribution in [2.45, 2.75) is 50.8 Å². The Bertz CT molecular complexity index is 993. The van der Waals surface area contributed by atoms with Crippen molar-refractivity contribution < 1.29 is 13.2 Å². The van der Waals surface area contributed by atoms with Crippen molar-refractivity contribution in [3.8, 4) is 0 Å². The minimum Gasteiger partial charge on any atom is -0.346 e. The lowest BCUT2D eigenvalue weighted by Crippen LogP contribution is -2.29. The van der Waals surface area contributed by atoms with Crippen LogP contribution in [0.2, 0.25) is 0 Å². The van der Waals surface area contributed by atoms with Gasteiger partial charge in [-0.1, -0.05) is 30.3 Å². The molecule has 1 amide bonds. The monoisotopic (exact) mass is 412 g/mol. The van der Waals surface area contributed by atoms with Gasteiger partial charge in [0.1, 0.15) is 0 Å². The van der Waals surface area contributed by atoms with Crippen LogP contribution in [0.25, 0.3) is 0 Å². The van der Waals surface area contributed by atoms with E-state index in [4.69, 9.17) is 0 Å². The second-order valence-electron chi connectivity index (χ2n) is 8.14. The normalized spacial score (nSPS) is 17.8. The Balaban J connectivity index is 1.39. The van der Waals surface area contributed by atoms with E-state index in [-0.39, 0.29) is 17.7 Å². The molecule has 0 bridgehead atoms. The van der Waals surface area contributed by atoms with E-state index in [1.807, 2.05) is 6.92 Å². The van der Waals surface area contributed by atoms with E-state index in [0.29, 0.717) is 24.2 Å². The van der Waals surface area contributed by atoms with Gasteiger partial charge in [0.25, 0.3) is 5.91 Å². The lowest BCUT2D eigenvalue weighted by Gasteiger charge is -2.17. The number of rotatable bonds is 6. The number of hydrogen-bond donors (Lipinski definition) is 1. The first-order chi connectivity index (χ1) is 13.9. The van der Waals surface area contributed by atoms with Crippen molar-refractivity contribution in [3.63, 3.8) is 0 Å². The molecule has 2 aromatic carbocycles. The van der Waals surface area contributed by atoms with E-state index >= 15 is 0 Å². The molecule has 2 aromatic rings. The number of carbonyl (C=O) groups is 1. The molecule has 1 aliphatic heterocycles. The second kappa shape index (κ2) is 8.28. The highest BCUT2D eigenvalue weighted by atomic mass is 32.2. The molecule has 1 fully saturated rings. The molecule has 1 N–H and O–H groups in total. The molecule has 6 heteroatoms. The average Bonchev–Trinajstić information content (AvgIpc) is 3.39. The summed E-state index contributed by atoms with van der Waals surface area (Å²) < 4.78 is 26.5. The predicted molar refractivity (Wildman–Crippen MR) is 114 cm³/mol. The van der Waals surface area contributed by atoms with Gasteiger partial charge >= 0.3 is 0 Å². The number of benzene rings is 2. The molecule has 5 nitrogen and oxygen atoms in total. The molecule has 0 saturated carbocycles. The van der Waals surface area contributed by atoms with Crippen molar-refractivity contribution >= 4 is 15.9 Å². The molecular formula is C23H28N2O3S. The summed E-state index contributed by atoms with van der Waals surface area (Å²) in [7, 11) is -3.27. The standard InChI is InChI=1S/C23H28N2O3S/c1-17(21-12-11-19-5-4-6-22(19)15-21)24-23(26)20-9-7-18(8-10-20)16-29(27,28)25-13-2-3-14-25/h7-12,15,17H,2-6,13-14,16H2,1H3,(H,24,26). The first-order valence-corrected chi connectivity index (χ1v) is 12.0. The maximum atomic E-state index is 12.6. The molecule has 0 spiro atoms. The van der Waals surface area contributed by atoms with E-state index in [1.165, 1.54) is 17.5 Å². The van der Waals surface area contributed by atoms with Crippen LogP contribution < -0.4 is 5.32 Å². The zero-order valence-electron chi connectivity index (χ0n) is 16.9. The molecule has 0 aromatic heterocycles. The average molecular weight is 413 g/mol. The summed E-state index contributed by atoms with van der Waals surface area (Å²) in [4.78, 5) is 12.6. The highest BCUT2D eigenvalue weighted by Crippen LogP contribution is 2.25. The van der Waals surface area contributed by atoms with Crippen LogP contribution in [-0.2, 0) is 28.6 Å². The van der Waals surface area contributed by atoms with Crippen LogP contribution in [0.5, 0.6) is 0 Å². The van der Waals surface area contributed by atoms with Crippen LogP contribution >= 0.6 is 0 Å². The third kappa shape index (κ3) is 4.54. The zero-order chi connectivity index (χ0) is 20.4. The van der Waals surface area contributed by atoms with Gasteiger partial charge in [-0.3, -0.25) is 4.79 Å². The number of nitrogens with one attached hydrogen (secondary N) is 1. The van der Waals surface area contributed by atoms with E-state index in [0.717, 1.165) is 31.2 Å². The Morgan fingerprint density at radius 2 is 1.69 bits per heavy atom. The first kappa shape index (κ1) is 20.1. The number of nitrogens with zero attached hydrogens (tertiary/aromatic N) is 1. The Kier molecular flexibility index (Phi) is 5.74. The summed E-state index contributed by atoms with van der Waals surface area (Å²) >= 11 is 0. The van der Waals surface area contributed by atoms with Gasteiger partial charge in [-0.05, 0) is 73.4 Å². The van der Waals surface area contributed by atoms with Crippen molar-refractivity contribution in [1.29, 1.82) is 0 Å². The molecule has 4 rings (SSSR count). The molecule has 1 heterocycles. The Labute approximate surface area is 173 Å². The summed E-state index contributed by atoms with van der Waals surface area (Å²) in [5.41, 5.74) is 5.19. The number of carbonyl (C=O) groups excluding carboxylic acids is 1. The number of fused-ring (bicyclic) bond motifs is 1. The van der Waals surface area contributed by atoms with Gasteiger partial charge in [-0.2, -0.15) is 0 Å². The molecule has 154 valence electrons. The van der Waals surface area contributed by atoms with Crippen molar-refractivity contribution in [1.82, 2.24) is 9.62 Å². The van der Waals surface area contributed by atoms with E-state index in [1.54, 1.807) is 28.6 Å². The third-order valence-electron chi connectivity index (χ3n) is 5.99. The smallest absolute Gasteiger partial charge is 0.251 e. The largest absolute Gasteiger partial charge is 0.346 e. The summed E-state index contributed by atoms with van der Waals surface area (Å²) in [5.74, 6) is -0.160. The molecule has 1 unspecified atom stereocenters. The SMILES string of the molecule is CC(NC(=O)c1ccc(CS(=O)(=O)N2CCCC2)cc1)c1ccc2c(c1)CCC2. The van der Waals surface area contributed by atoms with Crippen molar-refractivity contribution in [2.75, 3.05) is 13.1 Å². The van der Waals surface area contributed by atoms with Crippen LogP contribution in [-0.4, -0.2) is 31.7 Å². The highest BCUT2D eigenvalue weighted by molar-refractivity contribution is 7.88. The lowest BCUT2D eigenvalue weighted by atomic mass is 10.0. The topological polar surface area (TPSA) is 66.5 Å². The van der Waals surface area contributed by atoms with Crippen molar-refractivity contribution in [2.24, 2.45) is 0 Å². The molecule has 1 atom stereocenters. The van der Waals surface area contributed by atoms with Crippen LogP contribution in [0.4, 0.5) is 0 Å². The van der Waals surface area contributed by atoms with Gasteiger partial charge in [0.05, 0.1) is 11.8 Å². The number of aryl methyl sites for hydroxylation is 2. The minimum absolute atomic E-state index is 0.0135. The maximum absolute atomic E-state index is 12.6. The molecule has 1 aliphatic carbocycles. The Hall–Kier alpha value is -2.18. The summed E-state index contributed by atoms with van der Waals surface area (Å²) in [6.45, 7) is 3.22. The zero-order valence-corrected chi connectivity index (χ0v) is 17.7. The first-order valence-electron chi connectivity index (χ1n) is 10.4. The van der Waals surface area contributed by atoms with Crippen LogP contribution in [0.1, 0.15) is 64.8 Å². The molecule has 29 heavy (non-hydrogen) atoms. The van der Waals surface area contributed by atoms with Crippen LogP contribution in [0.3, 0.4) is 0 Å². The van der Waals surface area contributed by atoms with Gasteiger partial charge < -0.3 is 5.32 Å². The molecule has 0 radical (unpaired) electrons. The van der Waals surface area contributed by atoms with Gasteiger partial charge in [0.2, 0.25) is 10.0 Å². The fraction of sp³-hybridized carbons (Fsp3) is 0.435. The highest BCUT2D eigenvalue weighted by Gasteiger charge is 2.25. The van der Waals surface area contributed by atoms with E-state index < -0.39 is 10.0 Å². The predicted octanol–water partition coefficient (Wildman–Crippen LogP) is 3.59. The Morgan fingerprint density at radius 1 is 1.00 bits per heavy atom. The lowest BCUT2D eigenvalue weighted by molar-refractivity contribution is 0.0940. The number of hydrogen-bond acceptors (Lipinski definition) is 3. The van der Waals surface area contributed by atoms with Crippen LogP contribution in [0.15, 0.2) is 42.5 Å². The minimum atomic E-state index is -3.27. The summed E-state index contributed by atoms with van der Waals surface area (Å²) in [5, 5.41) is 3.05. The molecular weight excluding hydrogens is 384 g/mol. The van der Waals surface area contributed by atoms with Crippen molar-refractivity contribution in [3.05, 3.63) is 70.3 Å². The fourth-order valence-corrected chi connectivity index (χ4v) is 5.86. The van der Waals surface area contributed by atoms with Crippen LogP contribution in [0, 0.1) is 0 Å². The van der Waals surface area contributed by atoms with Gasteiger partial charge in [0, 0.05) is 18.7 Å². The Morgan fingerprint density at radius 3 is 2.41 bits per heavy atom. The maximum Gasteiger partial charge on any atom is 0.251 e. The fourth-order valence-electron chi connectivity index (χ4n) is 4.24. The third-order valence-corrected chi connectivity index (χ3v) is 7.84. The number of amides is 1.